The normalized spacial score (nSPS) is 10.7. The number of ether oxygens (including phenoxy) is 3. The third-order valence-corrected chi connectivity index (χ3v) is 5.12. The predicted octanol–water partition coefficient (Wildman–Crippen LogP) is 3.83. The van der Waals surface area contributed by atoms with Crippen molar-refractivity contribution >= 4 is 41.7 Å². The molecule has 0 spiro atoms. The molecule has 0 aromatic heterocycles. The van der Waals surface area contributed by atoms with Gasteiger partial charge in [-0.2, -0.15) is 0 Å². The molecule has 6 nitrogen and oxygen atoms in total. The zero-order chi connectivity index (χ0) is 20.2. The minimum absolute atomic E-state index is 0. The van der Waals surface area contributed by atoms with Gasteiger partial charge in [0.05, 0.1) is 21.3 Å². The third-order valence-electron chi connectivity index (χ3n) is 4.10. The smallest absolute Gasteiger partial charge is 0.203 e. The molecule has 8 heteroatoms. The number of hydrogen-bond donors (Lipinski definition) is 2. The molecule has 160 valence electrons. The highest BCUT2D eigenvalue weighted by Gasteiger charge is 2.15. The second kappa shape index (κ2) is 14.2. The second-order valence-corrected chi connectivity index (χ2v) is 7.00. The maximum atomic E-state index is 5.53. The van der Waals surface area contributed by atoms with E-state index >= 15 is 0 Å². The summed E-state index contributed by atoms with van der Waals surface area (Å²) in [5.41, 5.74) is 1.04. The van der Waals surface area contributed by atoms with Gasteiger partial charge in [0.25, 0.3) is 0 Å². The van der Waals surface area contributed by atoms with E-state index in [-0.39, 0.29) is 24.0 Å². The highest BCUT2D eigenvalue weighted by atomic mass is 127. The Kier molecular flexibility index (Phi) is 12.4. The van der Waals surface area contributed by atoms with Gasteiger partial charge in [0.1, 0.15) is 0 Å². The van der Waals surface area contributed by atoms with Gasteiger partial charge in [0, 0.05) is 36.3 Å². The van der Waals surface area contributed by atoms with Crippen molar-refractivity contribution in [1.82, 2.24) is 10.6 Å². The standard InChI is InChI=1S/C21H29N3O3S.HI/c1-22-21(24-14-15-28-17-8-6-5-7-9-17)23-13-12-16-10-11-18(25-2)20(27-4)19(16)26-3;/h5-11H,12-15H2,1-4H3,(H2,22,23,24);1H. The fourth-order valence-corrected chi connectivity index (χ4v) is 3.54. The molecule has 0 unspecified atom stereocenters. The largest absolute Gasteiger partial charge is 0.493 e. The summed E-state index contributed by atoms with van der Waals surface area (Å²) in [5.74, 6) is 3.72. The fraction of sp³-hybridized carbons (Fsp3) is 0.381. The first-order chi connectivity index (χ1) is 13.7. The van der Waals surface area contributed by atoms with E-state index in [0.29, 0.717) is 17.2 Å². The first-order valence-corrected chi connectivity index (χ1v) is 10.1. The quantitative estimate of drug-likeness (QED) is 0.160. The van der Waals surface area contributed by atoms with Gasteiger partial charge in [-0.05, 0) is 24.6 Å². The van der Waals surface area contributed by atoms with Crippen molar-refractivity contribution in [3.05, 3.63) is 48.0 Å². The van der Waals surface area contributed by atoms with E-state index in [0.717, 1.165) is 36.8 Å². The van der Waals surface area contributed by atoms with Gasteiger partial charge in [0.15, 0.2) is 17.5 Å². The summed E-state index contributed by atoms with van der Waals surface area (Å²) in [7, 11) is 6.64. The zero-order valence-electron chi connectivity index (χ0n) is 17.4. The number of rotatable bonds is 10. The number of nitrogens with one attached hydrogen (secondary N) is 2. The molecule has 0 bridgehead atoms. The number of nitrogens with zero attached hydrogens (tertiary/aromatic N) is 1. The van der Waals surface area contributed by atoms with Crippen molar-refractivity contribution in [3.8, 4) is 17.2 Å². The van der Waals surface area contributed by atoms with E-state index in [9.17, 15) is 0 Å². The summed E-state index contributed by atoms with van der Waals surface area (Å²) < 4.78 is 16.3. The van der Waals surface area contributed by atoms with Crippen molar-refractivity contribution in [3.63, 3.8) is 0 Å². The van der Waals surface area contributed by atoms with Gasteiger partial charge in [-0.1, -0.05) is 24.3 Å². The van der Waals surface area contributed by atoms with E-state index in [1.165, 1.54) is 4.90 Å². The summed E-state index contributed by atoms with van der Waals surface area (Å²) in [6.07, 6.45) is 0.767. The molecule has 2 rings (SSSR count). The number of aliphatic imine (C=N–C) groups is 1. The summed E-state index contributed by atoms with van der Waals surface area (Å²) in [6, 6.07) is 14.3. The molecule has 0 saturated heterocycles. The van der Waals surface area contributed by atoms with Crippen molar-refractivity contribution in [2.24, 2.45) is 4.99 Å². The monoisotopic (exact) mass is 531 g/mol. The lowest BCUT2D eigenvalue weighted by Crippen LogP contribution is -2.39. The van der Waals surface area contributed by atoms with E-state index in [1.54, 1.807) is 28.4 Å². The topological polar surface area (TPSA) is 64.1 Å². The molecule has 0 aliphatic carbocycles. The average molecular weight is 531 g/mol. The van der Waals surface area contributed by atoms with Crippen LogP contribution in [0.15, 0.2) is 52.4 Å². The van der Waals surface area contributed by atoms with E-state index in [1.807, 2.05) is 30.0 Å². The lowest BCUT2D eigenvalue weighted by atomic mass is 10.1. The number of thioether (sulfide) groups is 1. The highest BCUT2D eigenvalue weighted by molar-refractivity contribution is 14.0. The maximum Gasteiger partial charge on any atom is 0.203 e. The second-order valence-electron chi connectivity index (χ2n) is 5.83. The summed E-state index contributed by atoms with van der Waals surface area (Å²) in [5, 5.41) is 6.67. The Morgan fingerprint density at radius 3 is 2.21 bits per heavy atom. The van der Waals surface area contributed by atoms with Crippen LogP contribution in [0.1, 0.15) is 5.56 Å². The maximum absolute atomic E-state index is 5.53. The molecule has 2 N–H and O–H groups in total. The lowest BCUT2D eigenvalue weighted by Gasteiger charge is -2.16. The average Bonchev–Trinajstić information content (AvgIpc) is 2.75. The molecule has 0 fully saturated rings. The number of methoxy groups -OCH3 is 3. The minimum Gasteiger partial charge on any atom is -0.493 e. The van der Waals surface area contributed by atoms with Crippen LogP contribution in [0.2, 0.25) is 0 Å². The zero-order valence-corrected chi connectivity index (χ0v) is 20.5. The van der Waals surface area contributed by atoms with Crippen molar-refractivity contribution in [2.45, 2.75) is 11.3 Å². The van der Waals surface area contributed by atoms with E-state index in [2.05, 4.69) is 39.9 Å². The number of halogens is 1. The summed E-state index contributed by atoms with van der Waals surface area (Å²) in [6.45, 7) is 1.55. The first-order valence-electron chi connectivity index (χ1n) is 9.13. The molecule has 29 heavy (non-hydrogen) atoms. The Balaban J connectivity index is 0.00000420. The van der Waals surface area contributed by atoms with Gasteiger partial charge in [-0.15, -0.1) is 35.7 Å². The lowest BCUT2D eigenvalue weighted by molar-refractivity contribution is 0.322. The van der Waals surface area contributed by atoms with Gasteiger partial charge >= 0.3 is 0 Å². The highest BCUT2D eigenvalue weighted by Crippen LogP contribution is 2.39. The summed E-state index contributed by atoms with van der Waals surface area (Å²) in [4.78, 5) is 5.55. The molecule has 2 aromatic rings. The molecule has 0 amide bonds. The van der Waals surface area contributed by atoms with Crippen LogP contribution in [0.25, 0.3) is 0 Å². The minimum atomic E-state index is 0. The Bertz CT molecular complexity index is 760. The number of guanidine groups is 1. The van der Waals surface area contributed by atoms with Crippen LogP contribution in [0.3, 0.4) is 0 Å². The van der Waals surface area contributed by atoms with Crippen LogP contribution in [0.5, 0.6) is 17.2 Å². The Labute approximate surface area is 194 Å². The van der Waals surface area contributed by atoms with E-state index < -0.39 is 0 Å². The van der Waals surface area contributed by atoms with Crippen LogP contribution in [-0.2, 0) is 6.42 Å². The van der Waals surface area contributed by atoms with Crippen molar-refractivity contribution < 1.29 is 14.2 Å². The fourth-order valence-electron chi connectivity index (χ4n) is 2.75. The third kappa shape index (κ3) is 7.85. The van der Waals surface area contributed by atoms with Crippen LogP contribution < -0.4 is 24.8 Å². The summed E-state index contributed by atoms with van der Waals surface area (Å²) >= 11 is 1.82. The molecular weight excluding hydrogens is 501 g/mol. The van der Waals surface area contributed by atoms with E-state index in [4.69, 9.17) is 14.2 Å². The Morgan fingerprint density at radius 1 is 0.897 bits per heavy atom. The number of hydrogen-bond acceptors (Lipinski definition) is 5. The van der Waals surface area contributed by atoms with Crippen LogP contribution >= 0.6 is 35.7 Å². The van der Waals surface area contributed by atoms with Crippen molar-refractivity contribution in [2.75, 3.05) is 47.2 Å². The molecule has 0 saturated carbocycles. The Morgan fingerprint density at radius 2 is 1.59 bits per heavy atom. The predicted molar refractivity (Wildman–Crippen MR) is 132 cm³/mol. The van der Waals surface area contributed by atoms with Gasteiger partial charge in [-0.3, -0.25) is 4.99 Å². The molecular formula is C21H30IN3O3S. The van der Waals surface area contributed by atoms with Crippen molar-refractivity contribution in [1.29, 1.82) is 0 Å². The van der Waals surface area contributed by atoms with Gasteiger partial charge in [-0.25, -0.2) is 0 Å². The number of benzene rings is 2. The van der Waals surface area contributed by atoms with Crippen LogP contribution in [0.4, 0.5) is 0 Å². The van der Waals surface area contributed by atoms with Gasteiger partial charge < -0.3 is 24.8 Å². The molecule has 2 aromatic carbocycles. The first kappa shape index (κ1) is 25.2. The molecule has 0 atom stereocenters. The molecule has 0 aliphatic rings. The Hall–Kier alpha value is -1.81. The van der Waals surface area contributed by atoms with Crippen LogP contribution in [0, 0.1) is 0 Å². The van der Waals surface area contributed by atoms with Gasteiger partial charge in [0.2, 0.25) is 5.75 Å². The molecule has 0 heterocycles. The van der Waals surface area contributed by atoms with Crippen LogP contribution in [-0.4, -0.2) is 53.2 Å². The molecule has 0 aliphatic heterocycles. The molecule has 0 radical (unpaired) electrons. The SMILES string of the molecule is CN=C(NCCSc1ccccc1)NCCc1ccc(OC)c(OC)c1OC.I.